The molecule has 4 nitrogen and oxygen atoms in total. The van der Waals surface area contributed by atoms with Crippen LogP contribution in [-0.2, 0) is 0 Å². The Bertz CT molecular complexity index is 500. The zero-order valence-corrected chi connectivity index (χ0v) is 9.53. The van der Waals surface area contributed by atoms with Crippen LogP contribution < -0.4 is 0 Å². The maximum Gasteiger partial charge on any atom is 0.253 e. The van der Waals surface area contributed by atoms with Crippen LogP contribution in [0.3, 0.4) is 0 Å². The average Bonchev–Trinajstić information content (AvgIpc) is 2.77. The molecule has 2 aromatic rings. The molecule has 0 aliphatic heterocycles. The third kappa shape index (κ3) is 1.78. The summed E-state index contributed by atoms with van der Waals surface area (Å²) >= 11 is 0. The molecule has 0 saturated carbocycles. The van der Waals surface area contributed by atoms with Crippen LogP contribution in [0.5, 0.6) is 0 Å². The minimum Gasteiger partial charge on any atom is -0.339 e. The van der Waals surface area contributed by atoms with Crippen LogP contribution in [0.15, 0.2) is 24.4 Å². The number of H-pyrrole nitrogens is 1. The molecule has 0 radical (unpaired) electrons. The largest absolute Gasteiger partial charge is 0.339 e. The number of hydrogen-bond acceptors (Lipinski definition) is 2. The molecule has 1 N–H and O–H groups in total. The van der Waals surface area contributed by atoms with Crippen molar-refractivity contribution in [2.45, 2.75) is 13.8 Å². The molecule has 1 heterocycles. The Morgan fingerprint density at radius 3 is 2.81 bits per heavy atom. The van der Waals surface area contributed by atoms with Gasteiger partial charge in [-0.1, -0.05) is 6.07 Å². The smallest absolute Gasteiger partial charge is 0.253 e. The Morgan fingerprint density at radius 1 is 1.38 bits per heavy atom. The van der Waals surface area contributed by atoms with E-state index in [2.05, 4.69) is 10.2 Å². The summed E-state index contributed by atoms with van der Waals surface area (Å²) < 4.78 is 0. The fraction of sp³-hybridized carbons (Fsp3) is 0.333. The van der Waals surface area contributed by atoms with Gasteiger partial charge in [-0.15, -0.1) is 0 Å². The summed E-state index contributed by atoms with van der Waals surface area (Å²) in [7, 11) is 0. The lowest BCUT2D eigenvalue weighted by molar-refractivity contribution is 0.0773. The Labute approximate surface area is 94.3 Å². The third-order valence-corrected chi connectivity index (χ3v) is 2.74. The molecule has 0 aliphatic carbocycles. The number of nitrogens with one attached hydrogen (secondary N) is 1. The zero-order valence-electron chi connectivity index (χ0n) is 9.53. The van der Waals surface area contributed by atoms with E-state index in [0.29, 0.717) is 5.56 Å². The zero-order chi connectivity index (χ0) is 11.5. The Morgan fingerprint density at radius 2 is 2.12 bits per heavy atom. The lowest BCUT2D eigenvalue weighted by atomic mass is 10.1. The van der Waals surface area contributed by atoms with Gasteiger partial charge in [0.1, 0.15) is 0 Å². The number of fused-ring (bicyclic) bond motifs is 1. The predicted octanol–water partition coefficient (Wildman–Crippen LogP) is 2.04. The fourth-order valence-corrected chi connectivity index (χ4v) is 1.76. The highest BCUT2D eigenvalue weighted by molar-refractivity contribution is 5.97. The van der Waals surface area contributed by atoms with E-state index >= 15 is 0 Å². The molecule has 1 amide bonds. The third-order valence-electron chi connectivity index (χ3n) is 2.74. The summed E-state index contributed by atoms with van der Waals surface area (Å²) in [4.78, 5) is 13.9. The summed E-state index contributed by atoms with van der Waals surface area (Å²) in [5, 5.41) is 7.83. The van der Waals surface area contributed by atoms with E-state index in [9.17, 15) is 4.79 Å². The maximum absolute atomic E-state index is 12.1. The van der Waals surface area contributed by atoms with E-state index in [1.807, 2.05) is 32.0 Å². The van der Waals surface area contributed by atoms with Gasteiger partial charge in [0.25, 0.3) is 5.91 Å². The van der Waals surface area contributed by atoms with E-state index in [1.165, 1.54) is 0 Å². The monoisotopic (exact) mass is 217 g/mol. The molecule has 0 fully saturated rings. The number of aromatic nitrogens is 2. The molecule has 16 heavy (non-hydrogen) atoms. The number of hydrogen-bond donors (Lipinski definition) is 1. The topological polar surface area (TPSA) is 49.0 Å². The molecule has 1 aromatic heterocycles. The first-order chi connectivity index (χ1) is 7.76. The molecule has 84 valence electrons. The number of amides is 1. The van der Waals surface area contributed by atoms with Crippen LogP contribution >= 0.6 is 0 Å². The summed E-state index contributed by atoms with van der Waals surface area (Å²) in [6, 6.07) is 5.61. The highest BCUT2D eigenvalue weighted by atomic mass is 16.2. The molecule has 2 rings (SSSR count). The highest BCUT2D eigenvalue weighted by Gasteiger charge is 2.12. The van der Waals surface area contributed by atoms with Crippen molar-refractivity contribution in [3.05, 3.63) is 30.0 Å². The van der Waals surface area contributed by atoms with E-state index in [1.54, 1.807) is 11.1 Å². The SMILES string of the molecule is CCN(CC)C(=O)c1ccc2cn[nH]c2c1. The van der Waals surface area contributed by atoms with Gasteiger partial charge in [0.05, 0.1) is 11.7 Å². The molecular weight excluding hydrogens is 202 g/mol. The van der Waals surface area contributed by atoms with E-state index in [4.69, 9.17) is 0 Å². The van der Waals surface area contributed by atoms with E-state index in [0.717, 1.165) is 24.0 Å². The van der Waals surface area contributed by atoms with Gasteiger partial charge in [0, 0.05) is 24.0 Å². The molecule has 0 atom stereocenters. The number of aromatic amines is 1. The van der Waals surface area contributed by atoms with Crippen LogP contribution in [0.1, 0.15) is 24.2 Å². The molecule has 0 bridgehead atoms. The summed E-state index contributed by atoms with van der Waals surface area (Å²) in [6.07, 6.45) is 1.75. The van der Waals surface area contributed by atoms with Gasteiger partial charge >= 0.3 is 0 Å². The quantitative estimate of drug-likeness (QED) is 0.855. The minimum absolute atomic E-state index is 0.0708. The van der Waals surface area contributed by atoms with Crippen molar-refractivity contribution >= 4 is 16.8 Å². The standard InChI is InChI=1S/C12H15N3O/c1-3-15(4-2)12(16)9-5-6-10-8-13-14-11(10)7-9/h5-8H,3-4H2,1-2H3,(H,13,14). The predicted molar refractivity (Wildman–Crippen MR) is 63.3 cm³/mol. The summed E-state index contributed by atoms with van der Waals surface area (Å²) in [5.41, 5.74) is 1.61. The molecule has 1 aromatic carbocycles. The minimum atomic E-state index is 0.0708. The first-order valence-corrected chi connectivity index (χ1v) is 5.48. The van der Waals surface area contributed by atoms with Gasteiger partial charge in [-0.3, -0.25) is 9.89 Å². The Balaban J connectivity index is 2.35. The Kier molecular flexibility index (Phi) is 2.90. The van der Waals surface area contributed by atoms with Crippen molar-refractivity contribution in [2.75, 3.05) is 13.1 Å². The first-order valence-electron chi connectivity index (χ1n) is 5.48. The van der Waals surface area contributed by atoms with Crippen molar-refractivity contribution in [3.63, 3.8) is 0 Å². The van der Waals surface area contributed by atoms with Crippen molar-refractivity contribution in [1.82, 2.24) is 15.1 Å². The van der Waals surface area contributed by atoms with Crippen LogP contribution in [0.2, 0.25) is 0 Å². The average molecular weight is 217 g/mol. The van der Waals surface area contributed by atoms with Crippen LogP contribution in [-0.4, -0.2) is 34.1 Å². The van der Waals surface area contributed by atoms with Crippen molar-refractivity contribution in [1.29, 1.82) is 0 Å². The van der Waals surface area contributed by atoms with Crippen molar-refractivity contribution in [2.24, 2.45) is 0 Å². The van der Waals surface area contributed by atoms with E-state index in [-0.39, 0.29) is 5.91 Å². The van der Waals surface area contributed by atoms with Gasteiger partial charge < -0.3 is 4.90 Å². The normalized spacial score (nSPS) is 10.6. The molecule has 0 saturated heterocycles. The lowest BCUT2D eigenvalue weighted by Crippen LogP contribution is -2.30. The van der Waals surface area contributed by atoms with Crippen LogP contribution in [0.4, 0.5) is 0 Å². The second-order valence-electron chi connectivity index (χ2n) is 3.65. The highest BCUT2D eigenvalue weighted by Crippen LogP contribution is 2.14. The molecule has 0 spiro atoms. The number of nitrogens with zero attached hydrogens (tertiary/aromatic N) is 2. The lowest BCUT2D eigenvalue weighted by Gasteiger charge is -2.18. The second-order valence-corrected chi connectivity index (χ2v) is 3.65. The first kappa shape index (κ1) is 10.7. The van der Waals surface area contributed by atoms with Gasteiger partial charge in [-0.05, 0) is 26.0 Å². The number of carbonyl (C=O) groups excluding carboxylic acids is 1. The van der Waals surface area contributed by atoms with Gasteiger partial charge in [-0.2, -0.15) is 5.10 Å². The maximum atomic E-state index is 12.1. The van der Waals surface area contributed by atoms with Gasteiger partial charge in [0.2, 0.25) is 0 Å². The molecular formula is C12H15N3O. The van der Waals surface area contributed by atoms with Gasteiger partial charge in [-0.25, -0.2) is 0 Å². The van der Waals surface area contributed by atoms with Gasteiger partial charge in [0.15, 0.2) is 0 Å². The van der Waals surface area contributed by atoms with E-state index < -0.39 is 0 Å². The fourth-order valence-electron chi connectivity index (χ4n) is 1.76. The van der Waals surface area contributed by atoms with Crippen LogP contribution in [0, 0.1) is 0 Å². The number of carbonyl (C=O) groups is 1. The summed E-state index contributed by atoms with van der Waals surface area (Å²) in [5.74, 6) is 0.0708. The Hall–Kier alpha value is -1.84. The van der Waals surface area contributed by atoms with Crippen LogP contribution in [0.25, 0.3) is 10.9 Å². The molecule has 0 unspecified atom stereocenters. The number of benzene rings is 1. The number of rotatable bonds is 3. The summed E-state index contributed by atoms with van der Waals surface area (Å²) in [6.45, 7) is 5.43. The van der Waals surface area contributed by atoms with Crippen molar-refractivity contribution < 1.29 is 4.79 Å². The molecule has 4 heteroatoms. The van der Waals surface area contributed by atoms with Crippen molar-refractivity contribution in [3.8, 4) is 0 Å². The molecule has 0 aliphatic rings. The second kappa shape index (κ2) is 4.35.